The van der Waals surface area contributed by atoms with Crippen LogP contribution in [0.2, 0.25) is 0 Å². The number of carbonyl (C=O) groups is 2. The van der Waals surface area contributed by atoms with Gasteiger partial charge in [0, 0.05) is 6.54 Å². The van der Waals surface area contributed by atoms with E-state index in [2.05, 4.69) is 15.6 Å². The van der Waals surface area contributed by atoms with Gasteiger partial charge in [0.25, 0.3) is 0 Å². The summed E-state index contributed by atoms with van der Waals surface area (Å²) in [5.74, 6) is -1.89. The first-order chi connectivity index (χ1) is 8.06. The zero-order valence-corrected chi connectivity index (χ0v) is 8.91. The van der Waals surface area contributed by atoms with Crippen LogP contribution in [0.25, 0.3) is 0 Å². The summed E-state index contributed by atoms with van der Waals surface area (Å²) in [5.41, 5.74) is 5.83. The van der Waals surface area contributed by atoms with Crippen molar-refractivity contribution in [1.82, 2.24) is 20.3 Å². The van der Waals surface area contributed by atoms with E-state index in [4.69, 9.17) is 15.9 Å². The van der Waals surface area contributed by atoms with Crippen LogP contribution in [0.15, 0.2) is 6.20 Å². The van der Waals surface area contributed by atoms with Crippen molar-refractivity contribution in [3.05, 3.63) is 11.9 Å². The van der Waals surface area contributed by atoms with Crippen molar-refractivity contribution in [1.29, 1.82) is 0 Å². The second-order valence-corrected chi connectivity index (χ2v) is 3.25. The molecule has 0 aliphatic rings. The van der Waals surface area contributed by atoms with Crippen LogP contribution in [0, 0.1) is 0 Å². The molecular weight excluding hydrogens is 230 g/mol. The van der Waals surface area contributed by atoms with E-state index in [1.165, 1.54) is 10.9 Å². The summed E-state index contributed by atoms with van der Waals surface area (Å²) >= 11 is 0. The minimum Gasteiger partial charge on any atom is -0.480 e. The number of nitrogens with one attached hydrogen (secondary N) is 1. The van der Waals surface area contributed by atoms with Gasteiger partial charge in [0.05, 0.1) is 18.5 Å². The largest absolute Gasteiger partial charge is 0.480 e. The predicted octanol–water partition coefficient (Wildman–Crippen LogP) is -2.70. The Kier molecular flexibility index (Phi) is 4.55. The topological polar surface area (TPSA) is 143 Å². The molecule has 17 heavy (non-hydrogen) atoms. The Hall–Kier alpha value is -2.00. The average molecular weight is 243 g/mol. The molecule has 0 saturated heterocycles. The molecule has 1 heterocycles. The van der Waals surface area contributed by atoms with Crippen LogP contribution < -0.4 is 11.1 Å². The number of aliphatic carboxylic acids is 1. The van der Waals surface area contributed by atoms with Crippen molar-refractivity contribution in [2.75, 3.05) is 6.61 Å². The van der Waals surface area contributed by atoms with Crippen LogP contribution in [0.4, 0.5) is 0 Å². The van der Waals surface area contributed by atoms with Gasteiger partial charge in [-0.2, -0.15) is 0 Å². The van der Waals surface area contributed by atoms with Gasteiger partial charge in [-0.15, -0.1) is 5.10 Å². The Morgan fingerprint density at radius 3 is 2.76 bits per heavy atom. The molecule has 0 saturated carbocycles. The van der Waals surface area contributed by atoms with Crippen LogP contribution in [-0.4, -0.2) is 49.7 Å². The van der Waals surface area contributed by atoms with E-state index in [1.807, 2.05) is 0 Å². The minimum absolute atomic E-state index is 0.184. The van der Waals surface area contributed by atoms with E-state index in [0.29, 0.717) is 5.69 Å². The molecule has 0 aromatic carbocycles. The Bertz CT molecular complexity index is 404. The smallest absolute Gasteiger partial charge is 0.328 e. The Morgan fingerprint density at radius 1 is 1.59 bits per heavy atom. The summed E-state index contributed by atoms with van der Waals surface area (Å²) in [6, 6.07) is -1.32. The van der Waals surface area contributed by atoms with Gasteiger partial charge < -0.3 is 21.3 Å². The van der Waals surface area contributed by atoms with E-state index >= 15 is 0 Å². The monoisotopic (exact) mass is 243 g/mol. The summed E-state index contributed by atoms with van der Waals surface area (Å²) in [5, 5.41) is 26.7. The maximum atomic E-state index is 11.4. The molecule has 0 spiro atoms. The number of nitrogens with zero attached hydrogens (tertiary/aromatic N) is 3. The molecule has 9 heteroatoms. The number of aliphatic hydroxyl groups excluding tert-OH is 1. The molecule has 0 bridgehead atoms. The molecular formula is C8H13N5O4. The highest BCUT2D eigenvalue weighted by atomic mass is 16.4. The molecule has 1 atom stereocenters. The van der Waals surface area contributed by atoms with E-state index < -0.39 is 24.5 Å². The summed E-state index contributed by atoms with van der Waals surface area (Å²) in [6.07, 6.45) is 1.48. The predicted molar refractivity (Wildman–Crippen MR) is 54.6 cm³/mol. The fourth-order valence-electron chi connectivity index (χ4n) is 1.08. The number of hydrogen-bond acceptors (Lipinski definition) is 6. The van der Waals surface area contributed by atoms with Gasteiger partial charge in [-0.05, 0) is 0 Å². The van der Waals surface area contributed by atoms with E-state index in [1.54, 1.807) is 0 Å². The maximum Gasteiger partial charge on any atom is 0.328 e. The van der Waals surface area contributed by atoms with Crippen molar-refractivity contribution in [2.24, 2.45) is 5.73 Å². The lowest BCUT2D eigenvalue weighted by molar-refractivity contribution is -0.143. The van der Waals surface area contributed by atoms with E-state index in [9.17, 15) is 9.59 Å². The third-order valence-corrected chi connectivity index (χ3v) is 1.92. The average Bonchev–Trinajstić information content (AvgIpc) is 2.73. The highest BCUT2D eigenvalue weighted by Crippen LogP contribution is 1.91. The highest BCUT2D eigenvalue weighted by molar-refractivity contribution is 5.83. The zero-order valence-electron chi connectivity index (χ0n) is 8.91. The Morgan fingerprint density at radius 2 is 2.29 bits per heavy atom. The lowest BCUT2D eigenvalue weighted by Crippen LogP contribution is -2.44. The summed E-state index contributed by atoms with van der Waals surface area (Å²) in [4.78, 5) is 21.9. The summed E-state index contributed by atoms with van der Waals surface area (Å²) in [6.45, 7) is -0.654. The number of aromatic nitrogens is 3. The molecule has 0 fully saturated rings. The number of carboxylic acid groups (broad SMARTS) is 1. The lowest BCUT2D eigenvalue weighted by Gasteiger charge is -2.10. The number of carboxylic acids is 1. The highest BCUT2D eigenvalue weighted by Gasteiger charge is 2.18. The van der Waals surface area contributed by atoms with Crippen LogP contribution in [-0.2, 0) is 22.7 Å². The van der Waals surface area contributed by atoms with Crippen LogP contribution in [0.5, 0.6) is 0 Å². The SMILES string of the molecule is NCc1cn(CC(=O)N[C@@H](CO)C(=O)O)nn1. The molecule has 1 amide bonds. The van der Waals surface area contributed by atoms with Gasteiger partial charge in [-0.25, -0.2) is 9.48 Å². The first kappa shape index (κ1) is 13.1. The number of aliphatic hydroxyl groups is 1. The molecule has 94 valence electrons. The number of nitrogens with two attached hydrogens (primary N) is 1. The summed E-state index contributed by atoms with van der Waals surface area (Å²) < 4.78 is 1.23. The van der Waals surface area contributed by atoms with Crippen molar-refractivity contribution in [2.45, 2.75) is 19.1 Å². The van der Waals surface area contributed by atoms with Crippen molar-refractivity contribution >= 4 is 11.9 Å². The number of carbonyl (C=O) groups excluding carboxylic acids is 1. The molecule has 5 N–H and O–H groups in total. The third-order valence-electron chi connectivity index (χ3n) is 1.92. The van der Waals surface area contributed by atoms with Gasteiger partial charge in [0.15, 0.2) is 0 Å². The molecule has 0 unspecified atom stereocenters. The molecule has 1 rings (SSSR count). The Labute approximate surface area is 96.2 Å². The molecule has 1 aromatic heterocycles. The van der Waals surface area contributed by atoms with Gasteiger partial charge in [-0.3, -0.25) is 4.79 Å². The van der Waals surface area contributed by atoms with Crippen LogP contribution in [0.1, 0.15) is 5.69 Å². The Balaban J connectivity index is 2.51. The van der Waals surface area contributed by atoms with Crippen LogP contribution >= 0.6 is 0 Å². The third kappa shape index (κ3) is 3.81. The number of amides is 1. The quantitative estimate of drug-likeness (QED) is 0.425. The molecule has 0 radical (unpaired) electrons. The fourth-order valence-corrected chi connectivity index (χ4v) is 1.08. The molecule has 0 aliphatic carbocycles. The van der Waals surface area contributed by atoms with E-state index in [-0.39, 0.29) is 13.1 Å². The fraction of sp³-hybridized carbons (Fsp3) is 0.500. The normalized spacial score (nSPS) is 12.1. The first-order valence-electron chi connectivity index (χ1n) is 4.79. The van der Waals surface area contributed by atoms with Gasteiger partial charge in [-0.1, -0.05) is 5.21 Å². The number of rotatable bonds is 6. The molecule has 9 nitrogen and oxygen atoms in total. The lowest BCUT2D eigenvalue weighted by atomic mass is 10.3. The van der Waals surface area contributed by atoms with Crippen molar-refractivity contribution in [3.8, 4) is 0 Å². The van der Waals surface area contributed by atoms with Gasteiger partial charge in [0.1, 0.15) is 12.6 Å². The summed E-state index contributed by atoms with van der Waals surface area (Å²) in [7, 11) is 0. The first-order valence-corrected chi connectivity index (χ1v) is 4.79. The van der Waals surface area contributed by atoms with Crippen molar-refractivity contribution in [3.63, 3.8) is 0 Å². The van der Waals surface area contributed by atoms with Gasteiger partial charge >= 0.3 is 5.97 Å². The zero-order chi connectivity index (χ0) is 12.8. The van der Waals surface area contributed by atoms with E-state index in [0.717, 1.165) is 0 Å². The second kappa shape index (κ2) is 5.92. The molecule has 1 aromatic rings. The molecule has 0 aliphatic heterocycles. The van der Waals surface area contributed by atoms with Gasteiger partial charge in [0.2, 0.25) is 5.91 Å². The van der Waals surface area contributed by atoms with Crippen molar-refractivity contribution < 1.29 is 19.8 Å². The minimum atomic E-state index is -1.32. The van der Waals surface area contributed by atoms with Crippen LogP contribution in [0.3, 0.4) is 0 Å². The number of hydrogen-bond donors (Lipinski definition) is 4. The maximum absolute atomic E-state index is 11.4. The standard InChI is InChI=1S/C8H13N5O4/c9-1-5-2-13(12-11-5)3-7(15)10-6(4-14)8(16)17/h2,6,14H,1,3-4,9H2,(H,10,15)(H,16,17)/t6-/m0/s1. The second-order valence-electron chi connectivity index (χ2n) is 3.25.